The summed E-state index contributed by atoms with van der Waals surface area (Å²) in [7, 11) is 3.54. The number of thiazole rings is 1. The van der Waals surface area contributed by atoms with E-state index >= 15 is 0 Å². The molecule has 0 saturated carbocycles. The predicted octanol–water partition coefficient (Wildman–Crippen LogP) is 6.88. The van der Waals surface area contributed by atoms with Crippen LogP contribution in [0.25, 0.3) is 10.2 Å². The Morgan fingerprint density at radius 3 is 2.53 bits per heavy atom. The number of rotatable bonds is 10. The minimum Gasteiger partial charge on any atom is -0.372 e. The van der Waals surface area contributed by atoms with Gasteiger partial charge in [0.15, 0.2) is 4.34 Å². The van der Waals surface area contributed by atoms with Gasteiger partial charge in [-0.2, -0.15) is 0 Å². The van der Waals surface area contributed by atoms with Gasteiger partial charge in [0, 0.05) is 32.1 Å². The largest absolute Gasteiger partial charge is 0.372 e. The number of nitrogens with one attached hydrogen (secondary N) is 1. The molecule has 1 N–H and O–H groups in total. The Labute approximate surface area is 230 Å². The predicted molar refractivity (Wildman–Crippen MR) is 159 cm³/mol. The monoisotopic (exact) mass is 547 g/mol. The third-order valence-corrected chi connectivity index (χ3v) is 8.14. The molecular formula is C28H29N5O3S2. The number of benzene rings is 3. The van der Waals surface area contributed by atoms with Gasteiger partial charge in [-0.05, 0) is 53.8 Å². The van der Waals surface area contributed by atoms with Gasteiger partial charge in [0.05, 0.1) is 26.6 Å². The summed E-state index contributed by atoms with van der Waals surface area (Å²) in [6.07, 6.45) is 3.34. The molecule has 0 spiro atoms. The number of nitro benzene ring substituents is 1. The lowest BCUT2D eigenvalue weighted by molar-refractivity contribution is -0.384. The first-order chi connectivity index (χ1) is 18.3. The zero-order valence-corrected chi connectivity index (χ0v) is 23.4. The van der Waals surface area contributed by atoms with Crippen molar-refractivity contribution in [2.75, 3.05) is 30.1 Å². The minimum absolute atomic E-state index is 0.0339. The highest BCUT2D eigenvalue weighted by Crippen LogP contribution is 2.33. The molecule has 0 aliphatic carbocycles. The van der Waals surface area contributed by atoms with E-state index in [1.54, 1.807) is 37.3 Å². The van der Waals surface area contributed by atoms with Gasteiger partial charge in [0.2, 0.25) is 5.91 Å². The second kappa shape index (κ2) is 12.2. The molecule has 8 nitrogen and oxygen atoms in total. The van der Waals surface area contributed by atoms with Crippen LogP contribution < -0.4 is 10.2 Å². The average molecular weight is 548 g/mol. The highest BCUT2D eigenvalue weighted by molar-refractivity contribution is 8.01. The van der Waals surface area contributed by atoms with Crippen molar-refractivity contribution in [1.29, 1.82) is 0 Å². The van der Waals surface area contributed by atoms with E-state index in [1.807, 2.05) is 24.3 Å². The van der Waals surface area contributed by atoms with E-state index in [-0.39, 0.29) is 22.3 Å². The highest BCUT2D eigenvalue weighted by atomic mass is 32.2. The molecule has 0 bridgehead atoms. The van der Waals surface area contributed by atoms with E-state index in [0.717, 1.165) is 49.9 Å². The van der Waals surface area contributed by atoms with E-state index < -0.39 is 0 Å². The number of hydrogen-bond donors (Lipinski definition) is 1. The number of aliphatic imine (C=N–C) groups is 1. The summed E-state index contributed by atoms with van der Waals surface area (Å²) in [5.74, 6) is 0.220. The number of nitrogens with zero attached hydrogens (tertiary/aromatic N) is 4. The second-order valence-electron chi connectivity index (χ2n) is 8.78. The summed E-state index contributed by atoms with van der Waals surface area (Å²) < 4.78 is 1.77. The quantitative estimate of drug-likeness (QED) is 0.101. The molecule has 1 amide bonds. The number of hydrogen-bond acceptors (Lipinski definition) is 8. The van der Waals surface area contributed by atoms with E-state index in [4.69, 9.17) is 0 Å². The molecule has 0 aliphatic rings. The highest BCUT2D eigenvalue weighted by Gasteiger charge is 2.16. The summed E-state index contributed by atoms with van der Waals surface area (Å²) in [4.78, 5) is 34.6. The van der Waals surface area contributed by atoms with Gasteiger partial charge in [-0.25, -0.2) is 4.98 Å². The zero-order valence-electron chi connectivity index (χ0n) is 21.7. The van der Waals surface area contributed by atoms with Crippen molar-refractivity contribution in [3.05, 3.63) is 81.4 Å². The van der Waals surface area contributed by atoms with Crippen LogP contribution in [-0.4, -0.2) is 41.9 Å². The number of aryl methyl sites for hydroxylation is 2. The Kier molecular flexibility index (Phi) is 8.75. The van der Waals surface area contributed by atoms with E-state index in [2.05, 4.69) is 41.3 Å². The van der Waals surface area contributed by atoms with Crippen molar-refractivity contribution in [3.63, 3.8) is 0 Å². The van der Waals surface area contributed by atoms with Crippen molar-refractivity contribution in [2.24, 2.45) is 4.99 Å². The van der Waals surface area contributed by atoms with Crippen LogP contribution >= 0.6 is 23.1 Å². The molecule has 4 aromatic rings. The molecule has 0 saturated heterocycles. The maximum absolute atomic E-state index is 12.7. The molecule has 1 aromatic heterocycles. The van der Waals surface area contributed by atoms with Crippen LogP contribution in [0.5, 0.6) is 0 Å². The molecule has 4 rings (SSSR count). The second-order valence-corrected chi connectivity index (χ2v) is 11.0. The first-order valence-electron chi connectivity index (χ1n) is 12.2. The third-order valence-electron chi connectivity index (χ3n) is 5.98. The summed E-state index contributed by atoms with van der Waals surface area (Å²) >= 11 is 2.92. The topological polar surface area (TPSA) is 101 Å². The molecule has 38 heavy (non-hydrogen) atoms. The van der Waals surface area contributed by atoms with Gasteiger partial charge >= 0.3 is 0 Å². The first kappa shape index (κ1) is 27.3. The van der Waals surface area contributed by atoms with Crippen LogP contribution in [0.4, 0.5) is 22.7 Å². The number of thioether (sulfide) groups is 1. The van der Waals surface area contributed by atoms with Crippen molar-refractivity contribution >= 4 is 68.2 Å². The number of carbonyl (C=O) groups excluding carboxylic acids is 1. The Bertz CT molecular complexity index is 1490. The van der Waals surface area contributed by atoms with Crippen LogP contribution in [-0.2, 0) is 17.6 Å². The first-order valence-corrected chi connectivity index (χ1v) is 14.0. The number of carbonyl (C=O) groups is 1. The normalized spacial score (nSPS) is 11.3. The van der Waals surface area contributed by atoms with Crippen molar-refractivity contribution in [3.8, 4) is 0 Å². The molecule has 10 heteroatoms. The lowest BCUT2D eigenvalue weighted by Crippen LogP contribution is -2.16. The average Bonchev–Trinajstić information content (AvgIpc) is 3.32. The Morgan fingerprint density at radius 1 is 1.13 bits per heavy atom. The van der Waals surface area contributed by atoms with E-state index in [1.165, 1.54) is 29.2 Å². The molecule has 0 radical (unpaired) electrons. The number of nitro groups is 1. The number of aromatic nitrogens is 1. The van der Waals surface area contributed by atoms with Gasteiger partial charge in [-0.15, -0.1) is 11.3 Å². The summed E-state index contributed by atoms with van der Waals surface area (Å²) in [5.41, 5.74) is 5.98. The molecule has 0 aliphatic heterocycles. The van der Waals surface area contributed by atoms with Crippen LogP contribution in [0.15, 0.2) is 63.9 Å². The van der Waals surface area contributed by atoms with Crippen molar-refractivity contribution in [2.45, 2.75) is 31.0 Å². The van der Waals surface area contributed by atoms with Crippen LogP contribution in [0.1, 0.15) is 30.5 Å². The molecular weight excluding hydrogens is 518 g/mol. The van der Waals surface area contributed by atoms with Gasteiger partial charge in [-0.1, -0.05) is 49.9 Å². The third kappa shape index (κ3) is 6.38. The van der Waals surface area contributed by atoms with E-state index in [0.29, 0.717) is 11.3 Å². The molecule has 0 fully saturated rings. The van der Waals surface area contributed by atoms with Crippen molar-refractivity contribution in [1.82, 2.24) is 4.98 Å². The maximum Gasteiger partial charge on any atom is 0.293 e. The Balaban J connectivity index is 1.44. The summed E-state index contributed by atoms with van der Waals surface area (Å²) in [5, 5.41) is 14.5. The van der Waals surface area contributed by atoms with Crippen molar-refractivity contribution < 1.29 is 9.72 Å². The summed E-state index contributed by atoms with van der Waals surface area (Å²) in [6, 6.07) is 16.9. The molecule has 3 aromatic carbocycles. The number of anilines is 2. The van der Waals surface area contributed by atoms with Gasteiger partial charge < -0.3 is 10.2 Å². The number of fused-ring (bicyclic) bond motifs is 1. The fourth-order valence-corrected chi connectivity index (χ4v) is 5.94. The van der Waals surface area contributed by atoms with Crippen LogP contribution in [0, 0.1) is 10.1 Å². The van der Waals surface area contributed by atoms with Crippen LogP contribution in [0.3, 0.4) is 0 Å². The van der Waals surface area contributed by atoms with Gasteiger partial charge in [0.1, 0.15) is 5.69 Å². The number of para-hydroxylation sites is 1. The SMILES string of the molecule is CCc1cccc(CC)c1NC(=O)CSc1nc2ccc(N=Cc3ccc(N(C)C)c([N+](=O)[O-])c3)cc2s1. The molecule has 1 heterocycles. The summed E-state index contributed by atoms with van der Waals surface area (Å²) in [6.45, 7) is 4.17. The van der Waals surface area contributed by atoms with Crippen LogP contribution in [0.2, 0.25) is 0 Å². The Hall–Kier alpha value is -3.76. The maximum atomic E-state index is 12.7. The fraction of sp³-hybridized carbons (Fsp3) is 0.250. The van der Waals surface area contributed by atoms with Gasteiger partial charge in [0.25, 0.3) is 5.69 Å². The zero-order chi connectivity index (χ0) is 27.2. The van der Waals surface area contributed by atoms with Gasteiger partial charge in [-0.3, -0.25) is 19.9 Å². The minimum atomic E-state index is -0.388. The lowest BCUT2D eigenvalue weighted by Gasteiger charge is -2.14. The Morgan fingerprint density at radius 2 is 1.87 bits per heavy atom. The molecule has 0 unspecified atom stereocenters. The standard InChI is InChI=1S/C28H29N5O3S2/c1-5-19-8-7-9-20(6-2)27(19)31-26(34)17-37-28-30-22-12-11-21(15-25(22)38-28)29-16-18-10-13-23(32(3)4)24(14-18)33(35)36/h7-16H,5-6,17H2,1-4H3,(H,31,34). The molecule has 0 atom stereocenters. The number of amides is 1. The fourth-order valence-electron chi connectivity index (χ4n) is 4.03. The smallest absolute Gasteiger partial charge is 0.293 e. The lowest BCUT2D eigenvalue weighted by atomic mass is 10.0. The van der Waals surface area contributed by atoms with E-state index in [9.17, 15) is 14.9 Å². The molecule has 196 valence electrons.